The predicted octanol–water partition coefficient (Wildman–Crippen LogP) is 1.67. The highest BCUT2D eigenvalue weighted by molar-refractivity contribution is 7.89. The molecule has 0 aromatic heterocycles. The number of rotatable bonds is 6. The molecule has 0 bridgehead atoms. The van der Waals surface area contributed by atoms with Gasteiger partial charge in [-0.25, -0.2) is 21.9 Å². The number of halogens is 4. The van der Waals surface area contributed by atoms with E-state index in [0.717, 1.165) is 12.1 Å². The Hall–Kier alpha value is -1.19. The van der Waals surface area contributed by atoms with Crippen LogP contribution in [0.5, 0.6) is 0 Å². The lowest BCUT2D eigenvalue weighted by Crippen LogP contribution is -2.41. The van der Waals surface area contributed by atoms with Crippen LogP contribution >= 0.6 is 0 Å². The largest absolute Gasteiger partial charge is 0.392 e. The first-order chi connectivity index (χ1) is 9.10. The Bertz CT molecular complexity index is 575. The molecule has 114 valence electrons. The van der Waals surface area contributed by atoms with E-state index >= 15 is 0 Å². The zero-order valence-electron chi connectivity index (χ0n) is 10.4. The second-order valence-corrected chi connectivity index (χ2v) is 5.90. The van der Waals surface area contributed by atoms with Gasteiger partial charge in [0.1, 0.15) is 0 Å². The first-order valence-electron chi connectivity index (χ1n) is 5.46. The molecule has 0 aliphatic heterocycles. The van der Waals surface area contributed by atoms with Gasteiger partial charge >= 0.3 is 12.3 Å². The summed E-state index contributed by atoms with van der Waals surface area (Å²) in [6.45, 7) is -0.502. The van der Waals surface area contributed by atoms with Gasteiger partial charge in [0.2, 0.25) is 10.0 Å². The minimum absolute atomic E-state index is 0.300. The van der Waals surface area contributed by atoms with Crippen molar-refractivity contribution in [1.82, 2.24) is 4.72 Å². The fourth-order valence-electron chi connectivity index (χ4n) is 1.34. The number of nitrogens with one attached hydrogen (secondary N) is 1. The molecule has 20 heavy (non-hydrogen) atoms. The van der Waals surface area contributed by atoms with Crippen LogP contribution in [0.2, 0.25) is 0 Å². The zero-order valence-corrected chi connectivity index (χ0v) is 11.2. The van der Waals surface area contributed by atoms with Crippen molar-refractivity contribution < 1.29 is 31.1 Å². The van der Waals surface area contributed by atoms with Crippen molar-refractivity contribution in [2.75, 3.05) is 6.54 Å². The van der Waals surface area contributed by atoms with Gasteiger partial charge in [-0.2, -0.15) is 8.78 Å². The van der Waals surface area contributed by atoms with E-state index in [1.807, 2.05) is 0 Å². The summed E-state index contributed by atoms with van der Waals surface area (Å²) in [7, 11) is -4.35. The number of aliphatic hydroxyl groups excluding tert-OH is 1. The van der Waals surface area contributed by atoms with Gasteiger partial charge in [-0.15, -0.1) is 0 Å². The number of aryl methyl sites for hydroxylation is 1. The molecular weight excluding hydrogens is 302 g/mol. The van der Waals surface area contributed by atoms with Gasteiger partial charge < -0.3 is 5.11 Å². The van der Waals surface area contributed by atoms with Crippen molar-refractivity contribution in [2.45, 2.75) is 30.8 Å². The summed E-state index contributed by atoms with van der Waals surface area (Å²) in [6.07, 6.45) is -3.96. The maximum absolute atomic E-state index is 12.7. The Morgan fingerprint density at radius 1 is 1.35 bits per heavy atom. The summed E-state index contributed by atoms with van der Waals surface area (Å²) in [5.74, 6) is -4.45. The predicted molar refractivity (Wildman–Crippen MR) is 63.2 cm³/mol. The smallest absolute Gasteiger partial charge is 0.320 e. The Morgan fingerprint density at radius 2 is 1.95 bits per heavy atom. The van der Waals surface area contributed by atoms with E-state index in [0.29, 0.717) is 11.1 Å². The van der Waals surface area contributed by atoms with Crippen LogP contribution in [0.15, 0.2) is 23.1 Å². The van der Waals surface area contributed by atoms with Gasteiger partial charge in [-0.05, 0) is 30.2 Å². The molecule has 0 unspecified atom stereocenters. The second-order valence-electron chi connectivity index (χ2n) is 4.13. The van der Waals surface area contributed by atoms with Crippen LogP contribution in [0.25, 0.3) is 0 Å². The van der Waals surface area contributed by atoms with Crippen LogP contribution in [0.4, 0.5) is 17.6 Å². The highest BCUT2D eigenvalue weighted by Crippen LogP contribution is 2.23. The molecule has 0 amide bonds. The average Bonchev–Trinajstić information content (AvgIpc) is 2.37. The molecule has 0 atom stereocenters. The molecule has 1 aromatic carbocycles. The molecule has 1 aromatic rings. The van der Waals surface area contributed by atoms with E-state index in [2.05, 4.69) is 0 Å². The third-order valence-corrected chi connectivity index (χ3v) is 4.02. The van der Waals surface area contributed by atoms with E-state index in [9.17, 15) is 26.0 Å². The topological polar surface area (TPSA) is 66.4 Å². The van der Waals surface area contributed by atoms with E-state index in [1.165, 1.54) is 10.8 Å². The van der Waals surface area contributed by atoms with E-state index in [-0.39, 0.29) is 4.90 Å². The zero-order chi connectivity index (χ0) is 15.6. The van der Waals surface area contributed by atoms with Gasteiger partial charge in [-0.3, -0.25) is 0 Å². The molecule has 0 saturated heterocycles. The Balaban J connectivity index is 2.95. The summed E-state index contributed by atoms with van der Waals surface area (Å²) in [5.41, 5.74) is 0.915. The SMILES string of the molecule is Cc1ccc(S(=O)(=O)NCC(F)(F)C(F)F)cc1CO. The normalized spacial score (nSPS) is 12.9. The summed E-state index contributed by atoms with van der Waals surface area (Å²) < 4.78 is 74.1. The number of aliphatic hydroxyl groups is 1. The van der Waals surface area contributed by atoms with Crippen molar-refractivity contribution in [2.24, 2.45) is 0 Å². The molecule has 9 heteroatoms. The van der Waals surface area contributed by atoms with Crippen LogP contribution in [0.1, 0.15) is 11.1 Å². The van der Waals surface area contributed by atoms with Gasteiger partial charge in [-0.1, -0.05) is 6.07 Å². The lowest BCUT2D eigenvalue weighted by molar-refractivity contribution is -0.122. The van der Waals surface area contributed by atoms with Crippen LogP contribution in [-0.4, -0.2) is 32.4 Å². The van der Waals surface area contributed by atoms with E-state index in [4.69, 9.17) is 5.11 Å². The van der Waals surface area contributed by atoms with Gasteiger partial charge in [0.05, 0.1) is 18.0 Å². The number of benzene rings is 1. The van der Waals surface area contributed by atoms with Crippen LogP contribution < -0.4 is 4.72 Å². The van der Waals surface area contributed by atoms with Gasteiger partial charge in [0, 0.05) is 0 Å². The lowest BCUT2D eigenvalue weighted by Gasteiger charge is -2.16. The first-order valence-corrected chi connectivity index (χ1v) is 6.94. The molecule has 0 spiro atoms. The Labute approximate surface area is 113 Å². The van der Waals surface area contributed by atoms with Crippen molar-refractivity contribution >= 4 is 10.0 Å². The highest BCUT2D eigenvalue weighted by atomic mass is 32.2. The molecule has 2 N–H and O–H groups in total. The molecule has 0 aliphatic carbocycles. The monoisotopic (exact) mass is 315 g/mol. The molecule has 0 saturated carbocycles. The fraction of sp³-hybridized carbons (Fsp3) is 0.455. The maximum Gasteiger partial charge on any atom is 0.320 e. The molecular formula is C11H13F4NO3S. The molecule has 4 nitrogen and oxygen atoms in total. The van der Waals surface area contributed by atoms with Crippen LogP contribution in [0, 0.1) is 6.92 Å². The highest BCUT2D eigenvalue weighted by Gasteiger charge is 2.41. The summed E-state index contributed by atoms with van der Waals surface area (Å²) in [5, 5.41) is 9.01. The maximum atomic E-state index is 12.7. The summed E-state index contributed by atoms with van der Waals surface area (Å²) in [4.78, 5) is -0.378. The Kier molecular flexibility index (Phi) is 5.11. The Morgan fingerprint density at radius 3 is 2.45 bits per heavy atom. The minimum Gasteiger partial charge on any atom is -0.392 e. The number of hydrogen-bond acceptors (Lipinski definition) is 3. The van der Waals surface area contributed by atoms with Crippen LogP contribution in [-0.2, 0) is 16.6 Å². The van der Waals surface area contributed by atoms with Crippen molar-refractivity contribution in [3.8, 4) is 0 Å². The van der Waals surface area contributed by atoms with Crippen molar-refractivity contribution in [3.63, 3.8) is 0 Å². The van der Waals surface area contributed by atoms with Crippen molar-refractivity contribution in [1.29, 1.82) is 0 Å². The summed E-state index contributed by atoms with van der Waals surface area (Å²) in [6, 6.07) is 3.61. The third kappa shape index (κ3) is 3.90. The average molecular weight is 315 g/mol. The molecule has 0 radical (unpaired) electrons. The summed E-state index contributed by atoms with van der Waals surface area (Å²) >= 11 is 0. The molecule has 0 heterocycles. The molecule has 1 rings (SSSR count). The van der Waals surface area contributed by atoms with E-state index < -0.39 is 35.5 Å². The lowest BCUT2D eigenvalue weighted by atomic mass is 10.1. The van der Waals surface area contributed by atoms with Gasteiger partial charge in [0.25, 0.3) is 0 Å². The molecule has 0 aliphatic rings. The minimum atomic E-state index is -4.45. The number of alkyl halides is 4. The number of sulfonamides is 1. The first kappa shape index (κ1) is 16.9. The fourth-order valence-corrected chi connectivity index (χ4v) is 2.43. The third-order valence-electron chi connectivity index (χ3n) is 2.62. The number of hydrogen-bond donors (Lipinski definition) is 2. The van der Waals surface area contributed by atoms with Crippen LogP contribution in [0.3, 0.4) is 0 Å². The van der Waals surface area contributed by atoms with E-state index in [1.54, 1.807) is 6.92 Å². The van der Waals surface area contributed by atoms with Gasteiger partial charge in [0.15, 0.2) is 0 Å². The molecule has 0 fully saturated rings. The standard InChI is InChI=1S/C11H13F4NO3S/c1-7-2-3-9(4-8(7)5-17)20(18,19)16-6-11(14,15)10(12)13/h2-4,10,16-17H,5-6H2,1H3. The second kappa shape index (κ2) is 6.06. The quantitative estimate of drug-likeness (QED) is 0.785. The van der Waals surface area contributed by atoms with Crippen molar-refractivity contribution in [3.05, 3.63) is 29.3 Å².